The van der Waals surface area contributed by atoms with Crippen molar-refractivity contribution in [2.45, 2.75) is 6.92 Å². The normalized spacial score (nSPS) is 17.4. The molecule has 8 nitrogen and oxygen atoms in total. The first-order chi connectivity index (χ1) is 16.6. The zero-order valence-corrected chi connectivity index (χ0v) is 20.1. The number of rotatable bonds is 6. The number of carbonyl (C=O) groups is 1. The smallest absolute Gasteiger partial charge is 0.261 e. The maximum Gasteiger partial charge on any atom is 0.261 e. The molecule has 5 rings (SSSR count). The van der Waals surface area contributed by atoms with Gasteiger partial charge in [-0.2, -0.15) is 0 Å². The quantitative estimate of drug-likeness (QED) is 0.576. The molecule has 34 heavy (non-hydrogen) atoms. The number of aromatic nitrogens is 2. The Morgan fingerprint density at radius 1 is 1.09 bits per heavy atom. The number of aryl methyl sites for hydroxylation is 1. The first-order valence-corrected chi connectivity index (χ1v) is 12.5. The Balaban J connectivity index is 1.28. The molecule has 1 amide bonds. The number of piperazine rings is 1. The van der Waals surface area contributed by atoms with Crippen molar-refractivity contribution in [3.8, 4) is 0 Å². The van der Waals surface area contributed by atoms with Crippen molar-refractivity contribution in [3.63, 3.8) is 0 Å². The Labute approximate surface area is 202 Å². The van der Waals surface area contributed by atoms with Gasteiger partial charge in [0, 0.05) is 52.4 Å². The predicted molar refractivity (Wildman–Crippen MR) is 133 cm³/mol. The summed E-state index contributed by atoms with van der Waals surface area (Å²) in [6.45, 7) is 9.53. The van der Waals surface area contributed by atoms with Gasteiger partial charge in [0.25, 0.3) is 5.91 Å². The number of ether oxygens (including phenoxy) is 1. The first-order valence-electron chi connectivity index (χ1n) is 11.7. The number of fused-ring (bicyclic) bond motifs is 1. The Hall–Kier alpha value is -2.82. The van der Waals surface area contributed by atoms with Crippen LogP contribution >= 0.6 is 11.3 Å². The lowest BCUT2D eigenvalue weighted by molar-refractivity contribution is 0.0383. The molecule has 0 unspecified atom stereocenters. The molecule has 0 saturated carbocycles. The van der Waals surface area contributed by atoms with E-state index in [0.717, 1.165) is 67.5 Å². The van der Waals surface area contributed by atoms with Crippen LogP contribution in [0.3, 0.4) is 0 Å². The number of carbonyl (C=O) groups excluding carboxylic acids is 1. The lowest BCUT2D eigenvalue weighted by Crippen LogP contribution is -2.47. The van der Waals surface area contributed by atoms with Gasteiger partial charge in [-0.1, -0.05) is 12.1 Å². The number of nitrogens with zero attached hydrogens (tertiary/aromatic N) is 5. The molecule has 0 radical (unpaired) electrons. The first kappa shape index (κ1) is 22.9. The lowest BCUT2D eigenvalue weighted by atomic mass is 10.1. The summed E-state index contributed by atoms with van der Waals surface area (Å²) in [4.78, 5) is 30.1. The number of hydrogen-bond acceptors (Lipinski definition) is 8. The molecule has 0 aliphatic carbocycles. The topological polar surface area (TPSA) is 73.8 Å². The molecule has 0 bridgehead atoms. The minimum absolute atomic E-state index is 0.0657. The number of para-hydroxylation sites is 1. The minimum Gasteiger partial charge on any atom is -0.379 e. The fourth-order valence-corrected chi connectivity index (χ4v) is 5.67. The van der Waals surface area contributed by atoms with E-state index < -0.39 is 0 Å². The van der Waals surface area contributed by atoms with Crippen LogP contribution in [0, 0.1) is 12.7 Å². The largest absolute Gasteiger partial charge is 0.379 e. The Morgan fingerprint density at radius 3 is 2.59 bits per heavy atom. The van der Waals surface area contributed by atoms with Gasteiger partial charge in [-0.25, -0.2) is 14.4 Å². The Kier molecular flexibility index (Phi) is 6.89. The van der Waals surface area contributed by atoms with Crippen LogP contribution in [0.25, 0.3) is 10.2 Å². The summed E-state index contributed by atoms with van der Waals surface area (Å²) >= 11 is 1.41. The van der Waals surface area contributed by atoms with E-state index >= 15 is 0 Å². The van der Waals surface area contributed by atoms with E-state index in [1.807, 2.05) is 19.1 Å². The van der Waals surface area contributed by atoms with Crippen LogP contribution in [0.5, 0.6) is 0 Å². The van der Waals surface area contributed by atoms with Gasteiger partial charge >= 0.3 is 0 Å². The molecule has 2 fully saturated rings. The van der Waals surface area contributed by atoms with Crippen LogP contribution in [0.4, 0.5) is 15.9 Å². The van der Waals surface area contributed by atoms with Gasteiger partial charge < -0.3 is 19.9 Å². The highest BCUT2D eigenvalue weighted by atomic mass is 32.1. The van der Waals surface area contributed by atoms with Crippen molar-refractivity contribution < 1.29 is 13.9 Å². The maximum absolute atomic E-state index is 14.2. The SMILES string of the molecule is Cc1c(C(=O)NCCN2CCOCC2)sc2ncnc(N3CCN(c4ccccc4F)CC3)c12. The minimum atomic E-state index is -0.196. The van der Waals surface area contributed by atoms with Crippen LogP contribution in [0.2, 0.25) is 0 Å². The van der Waals surface area contributed by atoms with E-state index in [0.29, 0.717) is 30.2 Å². The van der Waals surface area contributed by atoms with E-state index in [-0.39, 0.29) is 11.7 Å². The van der Waals surface area contributed by atoms with Crippen LogP contribution in [0.1, 0.15) is 15.2 Å². The molecule has 2 aliphatic rings. The molecular formula is C24H29FN6O2S. The van der Waals surface area contributed by atoms with E-state index in [1.54, 1.807) is 12.4 Å². The standard InChI is InChI=1S/C24H29FN6O2S/c1-17-20-22(31-10-8-30(9-11-31)19-5-3-2-4-18(19)25)27-16-28-24(20)34-21(17)23(32)26-6-7-29-12-14-33-15-13-29/h2-5,16H,6-15H2,1H3,(H,26,32). The van der Waals surface area contributed by atoms with Gasteiger partial charge in [-0.15, -0.1) is 11.3 Å². The zero-order valence-electron chi connectivity index (χ0n) is 19.3. The number of benzene rings is 1. The summed E-state index contributed by atoms with van der Waals surface area (Å²) in [7, 11) is 0. The van der Waals surface area contributed by atoms with Gasteiger partial charge in [-0.05, 0) is 24.6 Å². The Bertz CT molecular complexity index is 1160. The van der Waals surface area contributed by atoms with Crippen LogP contribution in [-0.4, -0.2) is 86.3 Å². The molecule has 3 aromatic rings. The van der Waals surface area contributed by atoms with E-state index in [4.69, 9.17) is 4.74 Å². The fourth-order valence-electron chi connectivity index (χ4n) is 4.61. The zero-order chi connectivity index (χ0) is 23.5. The molecular weight excluding hydrogens is 455 g/mol. The van der Waals surface area contributed by atoms with E-state index in [1.165, 1.54) is 17.4 Å². The molecule has 1 N–H and O–H groups in total. The van der Waals surface area contributed by atoms with Crippen molar-refractivity contribution in [3.05, 3.63) is 46.9 Å². The second-order valence-corrected chi connectivity index (χ2v) is 9.57. The van der Waals surface area contributed by atoms with Crippen molar-refractivity contribution in [2.75, 3.05) is 75.4 Å². The van der Waals surface area contributed by atoms with Crippen LogP contribution < -0.4 is 15.1 Å². The summed E-state index contributed by atoms with van der Waals surface area (Å²) in [6.07, 6.45) is 1.57. The number of thiophene rings is 1. The number of nitrogens with one attached hydrogen (secondary N) is 1. The molecule has 4 heterocycles. The molecule has 2 aromatic heterocycles. The van der Waals surface area contributed by atoms with Gasteiger partial charge in [0.2, 0.25) is 0 Å². The van der Waals surface area contributed by atoms with Gasteiger partial charge in [0.1, 0.15) is 22.8 Å². The highest BCUT2D eigenvalue weighted by Crippen LogP contribution is 2.35. The van der Waals surface area contributed by atoms with Crippen molar-refractivity contribution in [2.24, 2.45) is 0 Å². The third kappa shape index (κ3) is 4.70. The maximum atomic E-state index is 14.2. The highest BCUT2D eigenvalue weighted by Gasteiger charge is 2.25. The third-order valence-electron chi connectivity index (χ3n) is 6.50. The molecule has 10 heteroatoms. The van der Waals surface area contributed by atoms with Gasteiger partial charge in [0.05, 0.1) is 29.2 Å². The number of morpholine rings is 1. The number of halogens is 1. The van der Waals surface area contributed by atoms with Crippen molar-refractivity contribution in [1.82, 2.24) is 20.2 Å². The summed E-state index contributed by atoms with van der Waals surface area (Å²) in [5.41, 5.74) is 1.55. The average molecular weight is 485 g/mol. The number of anilines is 2. The summed E-state index contributed by atoms with van der Waals surface area (Å²) in [5, 5.41) is 4.00. The highest BCUT2D eigenvalue weighted by molar-refractivity contribution is 7.20. The second kappa shape index (κ2) is 10.2. The number of hydrogen-bond donors (Lipinski definition) is 1. The predicted octanol–water partition coefficient (Wildman–Crippen LogP) is 2.53. The molecule has 0 spiro atoms. The molecule has 2 aliphatic heterocycles. The second-order valence-electron chi connectivity index (χ2n) is 8.57. The molecule has 0 atom stereocenters. The van der Waals surface area contributed by atoms with Crippen molar-refractivity contribution in [1.29, 1.82) is 0 Å². The average Bonchev–Trinajstić information content (AvgIpc) is 3.22. The third-order valence-corrected chi connectivity index (χ3v) is 7.70. The lowest BCUT2D eigenvalue weighted by Gasteiger charge is -2.37. The van der Waals surface area contributed by atoms with E-state index in [2.05, 4.69) is 30.0 Å². The van der Waals surface area contributed by atoms with Gasteiger partial charge in [0.15, 0.2) is 0 Å². The van der Waals surface area contributed by atoms with Crippen LogP contribution in [-0.2, 0) is 4.74 Å². The molecule has 1 aromatic carbocycles. The van der Waals surface area contributed by atoms with Crippen LogP contribution in [0.15, 0.2) is 30.6 Å². The Morgan fingerprint density at radius 2 is 1.82 bits per heavy atom. The van der Waals surface area contributed by atoms with Crippen molar-refractivity contribution >= 4 is 39.0 Å². The monoisotopic (exact) mass is 484 g/mol. The summed E-state index contributed by atoms with van der Waals surface area (Å²) in [6, 6.07) is 6.89. The van der Waals surface area contributed by atoms with Gasteiger partial charge in [-0.3, -0.25) is 9.69 Å². The fraction of sp³-hybridized carbons (Fsp3) is 0.458. The summed E-state index contributed by atoms with van der Waals surface area (Å²) in [5.74, 6) is 0.585. The van der Waals surface area contributed by atoms with E-state index in [9.17, 15) is 9.18 Å². The summed E-state index contributed by atoms with van der Waals surface area (Å²) < 4.78 is 19.6. The number of amides is 1. The molecule has 2 saturated heterocycles. The molecule has 180 valence electrons.